The van der Waals surface area contributed by atoms with Crippen LogP contribution in [-0.2, 0) is 12.7 Å². The van der Waals surface area contributed by atoms with Crippen LogP contribution in [0.5, 0.6) is 6.01 Å². The first-order chi connectivity index (χ1) is 15.1. The maximum atomic E-state index is 12.7. The lowest BCUT2D eigenvalue weighted by molar-refractivity contribution is -0.389. The molecule has 3 heterocycles. The second-order valence-corrected chi connectivity index (χ2v) is 8.40. The van der Waals surface area contributed by atoms with Gasteiger partial charge in [-0.05, 0) is 36.0 Å². The van der Waals surface area contributed by atoms with Crippen LogP contribution in [0.2, 0.25) is 0 Å². The largest absolute Gasteiger partial charge is 0.436 e. The molecule has 0 unspecified atom stereocenters. The van der Waals surface area contributed by atoms with Crippen LogP contribution >= 0.6 is 0 Å². The van der Waals surface area contributed by atoms with Crippen LogP contribution in [0.3, 0.4) is 0 Å². The summed E-state index contributed by atoms with van der Waals surface area (Å²) >= 11 is 0. The highest BCUT2D eigenvalue weighted by Crippen LogP contribution is 2.32. The molecule has 1 aromatic heterocycles. The minimum absolute atomic E-state index is 0.192. The molecule has 2 aliphatic rings. The van der Waals surface area contributed by atoms with E-state index >= 15 is 0 Å². The Morgan fingerprint density at radius 3 is 2.78 bits per heavy atom. The van der Waals surface area contributed by atoms with Crippen molar-refractivity contribution in [1.82, 2.24) is 19.8 Å². The van der Waals surface area contributed by atoms with Crippen molar-refractivity contribution < 1.29 is 22.8 Å². The Kier molecular flexibility index (Phi) is 5.95. The molecular weight excluding hydrogens is 427 g/mol. The number of hydrogen-bond donors (Lipinski definition) is 1. The fraction of sp³-hybridized carbons (Fsp3) is 0.476. The summed E-state index contributed by atoms with van der Waals surface area (Å²) in [4.78, 5) is 16.6. The van der Waals surface area contributed by atoms with Gasteiger partial charge in [0.15, 0.2) is 0 Å². The molecule has 11 heteroatoms. The van der Waals surface area contributed by atoms with Gasteiger partial charge in [-0.3, -0.25) is 9.47 Å². The summed E-state index contributed by atoms with van der Waals surface area (Å²) in [6, 6.07) is 5.54. The molecule has 1 saturated heterocycles. The number of fused-ring (bicyclic) bond motifs is 1. The van der Waals surface area contributed by atoms with Crippen LogP contribution in [0.25, 0.3) is 6.08 Å². The van der Waals surface area contributed by atoms with Crippen molar-refractivity contribution in [1.29, 1.82) is 0 Å². The zero-order chi connectivity index (χ0) is 22.9. The Morgan fingerprint density at radius 2 is 2.12 bits per heavy atom. The quantitative estimate of drug-likeness (QED) is 0.536. The Morgan fingerprint density at radius 1 is 1.38 bits per heavy atom. The van der Waals surface area contributed by atoms with E-state index in [0.29, 0.717) is 18.7 Å². The number of benzene rings is 1. The first-order valence-electron chi connectivity index (χ1n) is 10.3. The van der Waals surface area contributed by atoms with Gasteiger partial charge in [0, 0.05) is 37.2 Å². The standard InChI is InChI=1S/C21H24F3N5O3/c1-20(14-28-12-18(29(30)31)26-19(28)32-20)13-27-10-9-25-11-17(27)4-2-3-15-5-7-16(8-6-15)21(22,23)24/h2-3,5-8,12,17,25H,4,9-11,13-14H2,1H3/t17-,20-/m0/s1. The van der Waals surface area contributed by atoms with Crippen molar-refractivity contribution in [2.45, 2.75) is 37.7 Å². The fourth-order valence-electron chi connectivity index (χ4n) is 4.18. The summed E-state index contributed by atoms with van der Waals surface area (Å²) in [6.07, 6.45) is 1.58. The number of rotatable bonds is 6. The normalized spacial score (nSPS) is 23.9. The fourth-order valence-corrected chi connectivity index (χ4v) is 4.18. The monoisotopic (exact) mass is 451 g/mol. The van der Waals surface area contributed by atoms with Crippen molar-refractivity contribution in [2.24, 2.45) is 0 Å². The highest BCUT2D eigenvalue weighted by atomic mass is 19.4. The van der Waals surface area contributed by atoms with E-state index in [-0.39, 0.29) is 17.9 Å². The van der Waals surface area contributed by atoms with Crippen molar-refractivity contribution >= 4 is 11.9 Å². The van der Waals surface area contributed by atoms with Crippen molar-refractivity contribution in [3.8, 4) is 6.01 Å². The van der Waals surface area contributed by atoms with Gasteiger partial charge in [0.25, 0.3) is 0 Å². The number of alkyl halides is 3. The van der Waals surface area contributed by atoms with Crippen molar-refractivity contribution in [2.75, 3.05) is 26.2 Å². The first-order valence-corrected chi connectivity index (χ1v) is 10.3. The average Bonchev–Trinajstić information content (AvgIpc) is 3.24. The molecule has 32 heavy (non-hydrogen) atoms. The number of ether oxygens (including phenoxy) is 1. The summed E-state index contributed by atoms with van der Waals surface area (Å²) in [5, 5.41) is 14.3. The van der Waals surface area contributed by atoms with E-state index in [1.807, 2.05) is 19.1 Å². The van der Waals surface area contributed by atoms with Gasteiger partial charge < -0.3 is 20.2 Å². The topological polar surface area (TPSA) is 85.5 Å². The summed E-state index contributed by atoms with van der Waals surface area (Å²) in [6.45, 7) is 5.51. The molecule has 1 aromatic carbocycles. The highest BCUT2D eigenvalue weighted by Gasteiger charge is 2.42. The summed E-state index contributed by atoms with van der Waals surface area (Å²) in [7, 11) is 0. The molecule has 2 aromatic rings. The Hall–Kier alpha value is -2.92. The second kappa shape index (κ2) is 8.55. The predicted octanol–water partition coefficient (Wildman–Crippen LogP) is 3.34. The lowest BCUT2D eigenvalue weighted by atomic mass is 10.0. The van der Waals surface area contributed by atoms with Gasteiger partial charge in [0.2, 0.25) is 0 Å². The number of nitro groups is 1. The van der Waals surface area contributed by atoms with E-state index in [1.165, 1.54) is 18.3 Å². The van der Waals surface area contributed by atoms with E-state index in [2.05, 4.69) is 15.2 Å². The van der Waals surface area contributed by atoms with Crippen LogP contribution in [0.15, 0.2) is 36.5 Å². The third kappa shape index (κ3) is 4.94. The smallest absolute Gasteiger partial charge is 0.416 e. The zero-order valence-corrected chi connectivity index (χ0v) is 17.5. The van der Waals surface area contributed by atoms with E-state index in [0.717, 1.165) is 38.2 Å². The van der Waals surface area contributed by atoms with Gasteiger partial charge in [-0.2, -0.15) is 13.2 Å². The highest BCUT2D eigenvalue weighted by molar-refractivity contribution is 5.50. The predicted molar refractivity (Wildman–Crippen MR) is 111 cm³/mol. The molecule has 0 saturated carbocycles. The zero-order valence-electron chi connectivity index (χ0n) is 17.5. The SMILES string of the molecule is C[C@]1(CN2CCNC[C@@H]2CC=Cc2ccc(C(F)(F)F)cc2)Cn2cc([N+](=O)[O-])nc2O1. The van der Waals surface area contributed by atoms with Crippen molar-refractivity contribution in [3.05, 3.63) is 57.8 Å². The van der Waals surface area contributed by atoms with Crippen LogP contribution in [0, 0.1) is 10.1 Å². The number of imidazole rings is 1. The minimum Gasteiger partial charge on any atom is -0.436 e. The van der Waals surface area contributed by atoms with Gasteiger partial charge in [-0.25, -0.2) is 0 Å². The molecule has 8 nitrogen and oxygen atoms in total. The average molecular weight is 451 g/mol. The molecule has 2 atom stereocenters. The molecule has 1 fully saturated rings. The van der Waals surface area contributed by atoms with E-state index in [1.54, 1.807) is 4.57 Å². The van der Waals surface area contributed by atoms with Gasteiger partial charge in [0.05, 0.1) is 12.1 Å². The molecule has 0 amide bonds. The van der Waals surface area contributed by atoms with Gasteiger partial charge in [-0.1, -0.05) is 24.3 Å². The molecule has 0 bridgehead atoms. The molecular formula is C21H24F3N5O3. The Bertz CT molecular complexity index is 980. The van der Waals surface area contributed by atoms with Crippen LogP contribution in [0.4, 0.5) is 19.0 Å². The molecule has 0 radical (unpaired) electrons. The van der Waals surface area contributed by atoms with Gasteiger partial charge >= 0.3 is 18.0 Å². The number of piperazine rings is 1. The number of nitrogens with one attached hydrogen (secondary N) is 1. The maximum absolute atomic E-state index is 12.7. The van der Waals surface area contributed by atoms with Crippen LogP contribution in [0.1, 0.15) is 24.5 Å². The molecule has 172 valence electrons. The second-order valence-electron chi connectivity index (χ2n) is 8.40. The summed E-state index contributed by atoms with van der Waals surface area (Å²) in [5.74, 6) is -0.226. The number of halogens is 3. The van der Waals surface area contributed by atoms with Crippen LogP contribution < -0.4 is 10.1 Å². The van der Waals surface area contributed by atoms with E-state index in [4.69, 9.17) is 4.74 Å². The van der Waals surface area contributed by atoms with Crippen molar-refractivity contribution in [3.63, 3.8) is 0 Å². The molecule has 4 rings (SSSR count). The first kappa shape index (κ1) is 22.3. The van der Waals surface area contributed by atoms with Gasteiger partial charge in [-0.15, -0.1) is 0 Å². The maximum Gasteiger partial charge on any atom is 0.416 e. The number of hydrogen-bond acceptors (Lipinski definition) is 6. The molecule has 1 N–H and O–H groups in total. The minimum atomic E-state index is -4.34. The number of aromatic nitrogens is 2. The summed E-state index contributed by atoms with van der Waals surface area (Å²) in [5.41, 5.74) is -0.497. The van der Waals surface area contributed by atoms with E-state index in [9.17, 15) is 23.3 Å². The lowest BCUT2D eigenvalue weighted by Gasteiger charge is -2.39. The van der Waals surface area contributed by atoms with Crippen LogP contribution in [-0.4, -0.2) is 57.2 Å². The third-order valence-corrected chi connectivity index (χ3v) is 5.72. The van der Waals surface area contributed by atoms with Gasteiger partial charge in [0.1, 0.15) is 11.8 Å². The summed E-state index contributed by atoms with van der Waals surface area (Å²) < 4.78 is 45.7. The number of nitrogens with zero attached hydrogens (tertiary/aromatic N) is 4. The molecule has 0 spiro atoms. The lowest BCUT2D eigenvalue weighted by Crippen LogP contribution is -2.56. The molecule has 2 aliphatic heterocycles. The molecule has 0 aliphatic carbocycles. The van der Waals surface area contributed by atoms with E-state index < -0.39 is 22.3 Å². The third-order valence-electron chi connectivity index (χ3n) is 5.72. The Balaban J connectivity index is 1.36. The Labute approximate surface area is 182 Å².